The molecule has 22 heavy (non-hydrogen) atoms. The van der Waals surface area contributed by atoms with Gasteiger partial charge in [0, 0.05) is 51.7 Å². The van der Waals surface area contributed by atoms with E-state index in [1.807, 2.05) is 0 Å². The van der Waals surface area contributed by atoms with Crippen LogP contribution in [-0.2, 0) is 51.7 Å². The number of aliphatic hydroxyl groups is 4. The van der Waals surface area contributed by atoms with E-state index in [0.29, 0.717) is 0 Å². The van der Waals surface area contributed by atoms with E-state index in [1.165, 1.54) is 0 Å². The van der Waals surface area contributed by atoms with E-state index in [1.54, 1.807) is 83.1 Å². The summed E-state index contributed by atoms with van der Waals surface area (Å²) in [5.41, 5.74) is -2.00. The fourth-order valence-electron chi connectivity index (χ4n) is 0. The molecule has 0 rings (SSSR count). The Balaban J connectivity index is -0.0000000376. The maximum atomic E-state index is 8.52. The van der Waals surface area contributed by atoms with Gasteiger partial charge in [0.1, 0.15) is 0 Å². The predicted molar refractivity (Wildman–Crippen MR) is 87.9 cm³/mol. The monoisotopic (exact) mass is 656 g/mol. The van der Waals surface area contributed by atoms with Crippen LogP contribution in [0.2, 0.25) is 0 Å². The maximum Gasteiger partial charge on any atom is 0.0563 e. The van der Waals surface area contributed by atoms with Crippen LogP contribution in [0.3, 0.4) is 0 Å². The molecule has 0 bridgehead atoms. The Hall–Kier alpha value is 1.58. The van der Waals surface area contributed by atoms with Gasteiger partial charge >= 0.3 is 0 Å². The quantitative estimate of drug-likeness (QED) is 0.304. The van der Waals surface area contributed by atoms with Gasteiger partial charge in [0.25, 0.3) is 0 Å². The van der Waals surface area contributed by atoms with Gasteiger partial charge in [-0.25, -0.2) is 0 Å². The molecule has 4 N–H and O–H groups in total. The zero-order chi connectivity index (χ0) is 18.0. The average molecular weight is 653 g/mol. The van der Waals surface area contributed by atoms with Gasteiger partial charge in [0.05, 0.1) is 22.4 Å². The number of rotatable bonds is 0. The molecule has 136 valence electrons. The van der Waals surface area contributed by atoms with Crippen molar-refractivity contribution in [2.45, 2.75) is 105 Å². The van der Waals surface area contributed by atoms with E-state index in [0.717, 1.165) is 0 Å². The van der Waals surface area contributed by atoms with Gasteiger partial charge in [0.15, 0.2) is 0 Å². The van der Waals surface area contributed by atoms with Crippen LogP contribution in [-0.4, -0.2) is 42.8 Å². The molecule has 0 saturated carbocycles. The molecule has 0 radical (unpaired) electrons. The van der Waals surface area contributed by atoms with Crippen LogP contribution in [0.25, 0.3) is 0 Å². The molecular weight excluding hydrogens is 613 g/mol. The van der Waals surface area contributed by atoms with Crippen molar-refractivity contribution in [2.24, 2.45) is 0 Å². The summed E-state index contributed by atoms with van der Waals surface area (Å²) in [6.07, 6.45) is 0. The van der Waals surface area contributed by atoms with Gasteiger partial charge in [-0.15, -0.1) is 0 Å². The third kappa shape index (κ3) is 3660. The van der Waals surface area contributed by atoms with Crippen molar-refractivity contribution < 1.29 is 72.1 Å². The summed E-state index contributed by atoms with van der Waals surface area (Å²) in [5.74, 6) is 0. The molecule has 6 heteroatoms. The molecule has 4 nitrogen and oxygen atoms in total. The van der Waals surface area contributed by atoms with Crippen LogP contribution >= 0.6 is 0 Å². The number of hydrogen-bond donors (Lipinski definition) is 4. The smallest absolute Gasteiger partial charge is 0.0563 e. The molecule has 0 aliphatic carbocycles. The van der Waals surface area contributed by atoms with Crippen molar-refractivity contribution in [3.8, 4) is 0 Å². The Kier molecular flexibility index (Phi) is 28.4. The van der Waals surface area contributed by atoms with Gasteiger partial charge in [0.2, 0.25) is 0 Å². The normalized spacial score (nSPS) is 10.9. The Morgan fingerprint density at radius 2 is 0.318 bits per heavy atom. The second kappa shape index (κ2) is 16.1. The molecule has 0 unspecified atom stereocenters. The van der Waals surface area contributed by atoms with Crippen LogP contribution in [0, 0.1) is 0 Å². The first-order chi connectivity index (χ1) is 8.00. The van der Waals surface area contributed by atoms with Gasteiger partial charge in [-0.05, 0) is 83.1 Å². The minimum absolute atomic E-state index is 0. The van der Waals surface area contributed by atoms with Crippen LogP contribution in [0.5, 0.6) is 0 Å². The molecule has 0 aromatic carbocycles. The summed E-state index contributed by atoms with van der Waals surface area (Å²) in [6, 6.07) is 0. The maximum absolute atomic E-state index is 8.52. The van der Waals surface area contributed by atoms with Gasteiger partial charge in [-0.3, -0.25) is 0 Å². The van der Waals surface area contributed by atoms with Crippen molar-refractivity contribution in [1.29, 1.82) is 0 Å². The Labute approximate surface area is 176 Å². The molecule has 0 aromatic rings. The minimum atomic E-state index is -0.500. The zero-order valence-electron chi connectivity index (χ0n) is 16.8. The summed E-state index contributed by atoms with van der Waals surface area (Å²) in [4.78, 5) is 0. The molecule has 0 amide bonds. The summed E-state index contributed by atoms with van der Waals surface area (Å²) in [6.45, 7) is 20.9. The average Bonchev–Trinajstić information content (AvgIpc) is 1.62. The Morgan fingerprint density at radius 1 is 0.318 bits per heavy atom. The van der Waals surface area contributed by atoms with E-state index in [-0.39, 0.29) is 51.7 Å². The Morgan fingerprint density at radius 3 is 0.318 bits per heavy atom. The van der Waals surface area contributed by atoms with Crippen molar-refractivity contribution in [3.05, 3.63) is 0 Å². The zero-order valence-corrected chi connectivity index (χ0v) is 24.0. The third-order valence-corrected chi connectivity index (χ3v) is 0. The molecule has 0 fully saturated rings. The number of hydrogen-bond acceptors (Lipinski definition) is 4. The minimum Gasteiger partial charge on any atom is -0.391 e. The molecule has 0 atom stereocenters. The van der Waals surface area contributed by atoms with E-state index < -0.39 is 22.4 Å². The van der Waals surface area contributed by atoms with Crippen molar-refractivity contribution in [3.63, 3.8) is 0 Å². The second-order valence-electron chi connectivity index (χ2n) is 8.68. The summed E-state index contributed by atoms with van der Waals surface area (Å²) >= 11 is 0. The van der Waals surface area contributed by atoms with E-state index in [9.17, 15) is 0 Å². The third-order valence-electron chi connectivity index (χ3n) is 0. The second-order valence-corrected chi connectivity index (χ2v) is 8.68. The molecule has 0 heterocycles. The molecule has 0 spiro atoms. The van der Waals surface area contributed by atoms with E-state index >= 15 is 0 Å². The van der Waals surface area contributed by atoms with E-state index in [2.05, 4.69) is 0 Å². The molecule has 0 aliphatic rings. The van der Waals surface area contributed by atoms with Crippen LogP contribution in [0.1, 0.15) is 83.1 Å². The standard InChI is InChI=1S/4C4H10O.2Hf/c4*1-4(2,3)5;;/h4*5H,1-3H3;;. The molecule has 0 aromatic heterocycles. The van der Waals surface area contributed by atoms with Gasteiger partial charge in [-0.1, -0.05) is 0 Å². The van der Waals surface area contributed by atoms with Crippen LogP contribution < -0.4 is 0 Å². The molecular formula is C16H40Hf2O4. The van der Waals surface area contributed by atoms with Crippen LogP contribution in [0.15, 0.2) is 0 Å². The van der Waals surface area contributed by atoms with Crippen molar-refractivity contribution >= 4 is 0 Å². The molecule has 0 saturated heterocycles. The largest absolute Gasteiger partial charge is 0.391 e. The fourth-order valence-corrected chi connectivity index (χ4v) is 0. The first-order valence-corrected chi connectivity index (χ1v) is 6.89. The summed E-state index contributed by atoms with van der Waals surface area (Å²) in [7, 11) is 0. The van der Waals surface area contributed by atoms with Crippen molar-refractivity contribution in [1.82, 2.24) is 0 Å². The summed E-state index contributed by atoms with van der Waals surface area (Å²) in [5, 5.41) is 34.1. The SMILES string of the molecule is CC(C)(C)O.CC(C)(C)O.CC(C)(C)O.CC(C)(C)O.[Hf].[Hf]. The first kappa shape index (κ1) is 38.9. The summed E-state index contributed by atoms with van der Waals surface area (Å²) < 4.78 is 0. The van der Waals surface area contributed by atoms with Gasteiger partial charge in [-0.2, -0.15) is 0 Å². The topological polar surface area (TPSA) is 80.9 Å². The van der Waals surface area contributed by atoms with E-state index in [4.69, 9.17) is 20.4 Å². The molecule has 0 aliphatic heterocycles. The Bertz CT molecular complexity index is 134. The van der Waals surface area contributed by atoms with Crippen LogP contribution in [0.4, 0.5) is 0 Å². The van der Waals surface area contributed by atoms with Gasteiger partial charge < -0.3 is 20.4 Å². The predicted octanol–water partition coefficient (Wildman–Crippen LogP) is 3.10. The first-order valence-electron chi connectivity index (χ1n) is 6.89. The fraction of sp³-hybridized carbons (Fsp3) is 1.00. The van der Waals surface area contributed by atoms with Crippen molar-refractivity contribution in [2.75, 3.05) is 0 Å².